The van der Waals surface area contributed by atoms with Gasteiger partial charge in [-0.05, 0) is 25.5 Å². The summed E-state index contributed by atoms with van der Waals surface area (Å²) >= 11 is 0. The number of nitrogen functional groups attached to an aromatic ring is 1. The van der Waals surface area contributed by atoms with Gasteiger partial charge in [-0.25, -0.2) is 9.97 Å². The summed E-state index contributed by atoms with van der Waals surface area (Å²) in [5.41, 5.74) is 10.2. The summed E-state index contributed by atoms with van der Waals surface area (Å²) in [5, 5.41) is 1.05. The van der Waals surface area contributed by atoms with Crippen molar-refractivity contribution in [2.75, 3.05) is 58.7 Å². The maximum absolute atomic E-state index is 11.0. The van der Waals surface area contributed by atoms with Crippen LogP contribution in [0.2, 0.25) is 0 Å². The number of anilines is 1. The van der Waals surface area contributed by atoms with Crippen molar-refractivity contribution in [1.82, 2.24) is 24.3 Å². The van der Waals surface area contributed by atoms with Gasteiger partial charge in [-0.1, -0.05) is 13.3 Å². The van der Waals surface area contributed by atoms with Crippen LogP contribution in [-0.4, -0.2) is 78.6 Å². The highest BCUT2D eigenvalue weighted by molar-refractivity contribution is 6.06. The van der Waals surface area contributed by atoms with Crippen LogP contribution in [0.5, 0.6) is 0 Å². The van der Waals surface area contributed by atoms with E-state index in [4.69, 9.17) is 20.4 Å². The van der Waals surface area contributed by atoms with Crippen molar-refractivity contribution in [3.63, 3.8) is 0 Å². The highest BCUT2D eigenvalue weighted by Crippen LogP contribution is 2.32. The normalized spacial score (nSPS) is 16.6. The number of carbonyl (C=O) groups excluding carboxylic acids is 1. The van der Waals surface area contributed by atoms with E-state index in [1.807, 2.05) is 0 Å². The van der Waals surface area contributed by atoms with Crippen molar-refractivity contribution >= 4 is 39.2 Å². The second-order valence-electron chi connectivity index (χ2n) is 9.46. The van der Waals surface area contributed by atoms with E-state index < -0.39 is 0 Å². The van der Waals surface area contributed by atoms with Gasteiger partial charge >= 0.3 is 0 Å². The average molecular weight is 454 g/mol. The van der Waals surface area contributed by atoms with Crippen molar-refractivity contribution in [1.29, 1.82) is 0 Å². The summed E-state index contributed by atoms with van der Waals surface area (Å²) in [6.45, 7) is 9.98. The number of H-pyrrole nitrogens is 1. The highest BCUT2D eigenvalue weighted by atomic mass is 16.5. The number of nitrogens with zero attached hydrogens (tertiary/aromatic N) is 4. The zero-order chi connectivity index (χ0) is 23.4. The molecule has 1 saturated heterocycles. The van der Waals surface area contributed by atoms with Crippen LogP contribution in [0.25, 0.3) is 21.9 Å². The number of hydrogen-bond acceptors (Lipinski definition) is 6. The molecule has 1 fully saturated rings. The number of benzene rings is 1. The Kier molecular flexibility index (Phi) is 7.26. The Bertz CT molecular complexity index is 1120. The third-order valence-corrected chi connectivity index (χ3v) is 6.85. The molecule has 0 radical (unpaired) electrons. The first-order valence-electron chi connectivity index (χ1n) is 12.1. The van der Waals surface area contributed by atoms with E-state index >= 15 is 0 Å². The first kappa shape index (κ1) is 23.6. The zero-order valence-electron chi connectivity index (χ0n) is 20.2. The molecule has 3 N–H and O–H groups in total. The maximum atomic E-state index is 11.0. The molecule has 8 heteroatoms. The van der Waals surface area contributed by atoms with E-state index in [-0.39, 0.29) is 5.78 Å². The Morgan fingerprint density at radius 1 is 1.24 bits per heavy atom. The van der Waals surface area contributed by atoms with Crippen molar-refractivity contribution in [3.8, 4) is 0 Å². The fraction of sp³-hybridized carbons (Fsp3) is 0.560. The lowest BCUT2D eigenvalue weighted by molar-refractivity contribution is -0.118. The third kappa shape index (κ3) is 5.34. The molecule has 1 aromatic carbocycles. The van der Waals surface area contributed by atoms with Crippen LogP contribution in [0.15, 0.2) is 18.2 Å². The van der Waals surface area contributed by atoms with Crippen molar-refractivity contribution in [2.24, 2.45) is 0 Å². The highest BCUT2D eigenvalue weighted by Gasteiger charge is 2.31. The number of ether oxygens (including phenoxy) is 1. The lowest BCUT2D eigenvalue weighted by Gasteiger charge is -2.41. The molecule has 4 rings (SSSR count). The van der Waals surface area contributed by atoms with Gasteiger partial charge in [-0.2, -0.15) is 0 Å². The summed E-state index contributed by atoms with van der Waals surface area (Å²) < 4.78 is 6.48. The standard InChI is InChI=1S/C25H37N6O2/c1-4-5-6-22-28-23-20-8-7-19(17-21(20)27-25(26)24(23)29-22)31(3)13-10-30(11-14-31)12-16-33-15-9-18(2)32/h7-8,17H,4-6,9-16H2,1-3H3,(H2,26,27)(H,28,29)/q+1. The van der Waals surface area contributed by atoms with Gasteiger partial charge in [0.15, 0.2) is 0 Å². The van der Waals surface area contributed by atoms with Crippen molar-refractivity contribution in [2.45, 2.75) is 39.5 Å². The summed E-state index contributed by atoms with van der Waals surface area (Å²) in [6, 6.07) is 6.56. The molecule has 2 aromatic heterocycles. The Hall–Kier alpha value is -2.55. The number of hydrogen-bond donors (Lipinski definition) is 2. The second kappa shape index (κ2) is 10.2. The monoisotopic (exact) mass is 453 g/mol. The summed E-state index contributed by atoms with van der Waals surface area (Å²) in [7, 11) is 2.29. The van der Waals surface area contributed by atoms with Crippen LogP contribution in [0.4, 0.5) is 11.5 Å². The first-order chi connectivity index (χ1) is 15.9. The number of nitrogens with one attached hydrogen (secondary N) is 1. The van der Waals surface area contributed by atoms with Gasteiger partial charge in [0.1, 0.15) is 34.1 Å². The Labute approximate surface area is 195 Å². The van der Waals surface area contributed by atoms with Crippen LogP contribution in [0, 0.1) is 0 Å². The Morgan fingerprint density at radius 2 is 2.03 bits per heavy atom. The molecule has 33 heavy (non-hydrogen) atoms. The summed E-state index contributed by atoms with van der Waals surface area (Å²) in [6.07, 6.45) is 3.67. The van der Waals surface area contributed by atoms with Gasteiger partial charge in [-0.3, -0.25) is 14.2 Å². The molecule has 1 aliphatic heterocycles. The number of aromatic nitrogens is 3. The molecule has 0 aliphatic carbocycles. The van der Waals surface area contributed by atoms with E-state index in [9.17, 15) is 4.79 Å². The van der Waals surface area contributed by atoms with Gasteiger partial charge in [0.25, 0.3) is 0 Å². The van der Waals surface area contributed by atoms with E-state index in [2.05, 4.69) is 42.1 Å². The van der Waals surface area contributed by atoms with Gasteiger partial charge in [0.2, 0.25) is 0 Å². The predicted octanol–water partition coefficient (Wildman–Crippen LogP) is 3.28. The molecule has 1 aliphatic rings. The summed E-state index contributed by atoms with van der Waals surface area (Å²) in [5.74, 6) is 1.68. The number of quaternary nitrogens is 1. The third-order valence-electron chi connectivity index (χ3n) is 6.85. The number of nitrogens with two attached hydrogens (primary N) is 1. The van der Waals surface area contributed by atoms with Crippen LogP contribution >= 0.6 is 0 Å². The number of imidazole rings is 1. The molecule has 8 nitrogen and oxygen atoms in total. The van der Waals surface area contributed by atoms with Crippen LogP contribution < -0.4 is 10.2 Å². The number of rotatable bonds is 10. The molecule has 0 spiro atoms. The molecule has 0 atom stereocenters. The van der Waals surface area contributed by atoms with Crippen molar-refractivity contribution < 1.29 is 9.53 Å². The quantitative estimate of drug-likeness (QED) is 0.361. The van der Waals surface area contributed by atoms with Crippen LogP contribution in [0.1, 0.15) is 38.9 Å². The van der Waals surface area contributed by atoms with E-state index in [0.29, 0.717) is 25.5 Å². The number of ketones is 1. The van der Waals surface area contributed by atoms with E-state index in [0.717, 1.165) is 84.2 Å². The van der Waals surface area contributed by atoms with Crippen LogP contribution in [0.3, 0.4) is 0 Å². The minimum Gasteiger partial charge on any atom is -0.382 e. The van der Waals surface area contributed by atoms with Crippen molar-refractivity contribution in [3.05, 3.63) is 24.0 Å². The molecule has 0 amide bonds. The average Bonchev–Trinajstić information content (AvgIpc) is 3.23. The minimum atomic E-state index is 0.178. The topological polar surface area (TPSA) is 97.1 Å². The number of likely N-dealkylation sites (N-methyl/N-ethyl adjacent to an activating group) is 1. The largest absolute Gasteiger partial charge is 0.382 e. The van der Waals surface area contributed by atoms with E-state index in [1.165, 1.54) is 5.69 Å². The van der Waals surface area contributed by atoms with E-state index in [1.54, 1.807) is 6.92 Å². The number of piperazine rings is 1. The molecule has 3 aromatic rings. The number of aromatic amines is 1. The number of fused-ring (bicyclic) bond motifs is 3. The number of Topliss-reactive ketones (excluding diaryl/α,β-unsaturated/α-hetero) is 1. The predicted molar refractivity (Wildman–Crippen MR) is 134 cm³/mol. The molecular weight excluding hydrogens is 416 g/mol. The molecule has 0 unspecified atom stereocenters. The number of aryl methyl sites for hydroxylation is 1. The summed E-state index contributed by atoms with van der Waals surface area (Å²) in [4.78, 5) is 26.4. The zero-order valence-corrected chi connectivity index (χ0v) is 20.2. The SMILES string of the molecule is CCCCc1nc2c([nH]1)c(N)nc1cc([N+]3(C)CCN(CCOCCC(C)=O)CC3)ccc12. The molecule has 3 heterocycles. The number of pyridine rings is 1. The fourth-order valence-electron chi connectivity index (χ4n) is 4.54. The molecule has 178 valence electrons. The lowest BCUT2D eigenvalue weighted by atomic mass is 10.1. The molecular formula is C25H37N6O2+. The number of unbranched alkanes of at least 4 members (excludes halogenated alkanes) is 1. The molecule has 0 bridgehead atoms. The second-order valence-corrected chi connectivity index (χ2v) is 9.46. The number of carbonyl (C=O) groups is 1. The maximum Gasteiger partial charge on any atom is 0.150 e. The fourth-order valence-corrected chi connectivity index (χ4v) is 4.54. The first-order valence-corrected chi connectivity index (χ1v) is 12.1. The van der Waals surface area contributed by atoms with Gasteiger partial charge in [0, 0.05) is 43.9 Å². The molecule has 0 saturated carbocycles. The lowest BCUT2D eigenvalue weighted by Crippen LogP contribution is -2.58. The smallest absolute Gasteiger partial charge is 0.150 e. The minimum absolute atomic E-state index is 0.178. The van der Waals surface area contributed by atoms with Gasteiger partial charge in [-0.15, -0.1) is 0 Å². The Morgan fingerprint density at radius 3 is 2.76 bits per heavy atom. The van der Waals surface area contributed by atoms with Gasteiger partial charge in [0.05, 0.1) is 38.9 Å². The van der Waals surface area contributed by atoms with Crippen LogP contribution in [-0.2, 0) is 16.0 Å². The van der Waals surface area contributed by atoms with Gasteiger partial charge < -0.3 is 15.5 Å². The Balaban J connectivity index is 1.45.